The van der Waals surface area contributed by atoms with Crippen LogP contribution in [0.15, 0.2) is 42.5 Å². The van der Waals surface area contributed by atoms with E-state index in [0.717, 1.165) is 35.7 Å². The average Bonchev–Trinajstić information content (AvgIpc) is 2.62. The lowest BCUT2D eigenvalue weighted by molar-refractivity contribution is -0.126. The van der Waals surface area contributed by atoms with Crippen LogP contribution in [0.1, 0.15) is 25.3 Å². The van der Waals surface area contributed by atoms with Gasteiger partial charge in [0.1, 0.15) is 0 Å². The summed E-state index contributed by atoms with van der Waals surface area (Å²) >= 11 is 0. The van der Waals surface area contributed by atoms with Crippen LogP contribution in [0.25, 0.3) is 10.8 Å². The second-order valence-corrected chi connectivity index (χ2v) is 6.65. The molecule has 2 unspecified atom stereocenters. The molecule has 0 saturated carbocycles. The lowest BCUT2D eigenvalue weighted by atomic mass is 10.00. The summed E-state index contributed by atoms with van der Waals surface area (Å²) in [5.74, 6) is -0.270. The first-order chi connectivity index (χ1) is 12.1. The van der Waals surface area contributed by atoms with Crippen LogP contribution in [0.4, 0.5) is 0 Å². The van der Waals surface area contributed by atoms with Crippen molar-refractivity contribution in [2.24, 2.45) is 0 Å². The van der Waals surface area contributed by atoms with E-state index in [2.05, 4.69) is 22.9 Å². The van der Waals surface area contributed by atoms with Gasteiger partial charge in [-0.05, 0) is 42.6 Å². The summed E-state index contributed by atoms with van der Waals surface area (Å²) in [7, 11) is 0. The topological polar surface area (TPSA) is 70.2 Å². The van der Waals surface area contributed by atoms with E-state index in [9.17, 15) is 9.59 Å². The van der Waals surface area contributed by atoms with Crippen LogP contribution in [0.3, 0.4) is 0 Å². The molecule has 5 nitrogen and oxygen atoms in total. The highest BCUT2D eigenvalue weighted by molar-refractivity contribution is 5.91. The number of amides is 2. The molecule has 0 radical (unpaired) electrons. The van der Waals surface area contributed by atoms with Crippen LogP contribution in [-0.4, -0.2) is 37.0 Å². The number of benzene rings is 2. The third-order valence-electron chi connectivity index (χ3n) is 4.79. The number of carbonyl (C=O) groups is 2. The normalized spacial score (nSPS) is 19.4. The van der Waals surface area contributed by atoms with Crippen LogP contribution < -0.4 is 16.0 Å². The summed E-state index contributed by atoms with van der Waals surface area (Å²) in [4.78, 5) is 24.3. The molecule has 2 aromatic carbocycles. The van der Waals surface area contributed by atoms with Gasteiger partial charge in [-0.1, -0.05) is 42.5 Å². The van der Waals surface area contributed by atoms with Crippen molar-refractivity contribution in [2.75, 3.05) is 13.1 Å². The van der Waals surface area contributed by atoms with E-state index in [1.54, 1.807) is 0 Å². The number of fused-ring (bicyclic) bond motifs is 1. The van der Waals surface area contributed by atoms with Gasteiger partial charge in [-0.25, -0.2) is 0 Å². The van der Waals surface area contributed by atoms with Gasteiger partial charge < -0.3 is 16.0 Å². The summed E-state index contributed by atoms with van der Waals surface area (Å²) in [5.41, 5.74) is 0.973. The Hall–Kier alpha value is -2.11. The predicted molar refractivity (Wildman–Crippen MR) is 107 cm³/mol. The molecular formula is C20H26ClN3O2. The quantitative estimate of drug-likeness (QED) is 0.750. The molecule has 1 aliphatic heterocycles. The monoisotopic (exact) mass is 375 g/mol. The number of rotatable bonds is 5. The molecule has 1 aliphatic rings. The van der Waals surface area contributed by atoms with E-state index in [4.69, 9.17) is 0 Å². The molecule has 1 fully saturated rings. The van der Waals surface area contributed by atoms with Crippen LogP contribution in [0.2, 0.25) is 0 Å². The third-order valence-corrected chi connectivity index (χ3v) is 4.79. The molecular weight excluding hydrogens is 350 g/mol. The minimum Gasteiger partial charge on any atom is -0.350 e. The molecule has 0 bridgehead atoms. The van der Waals surface area contributed by atoms with Gasteiger partial charge in [-0.2, -0.15) is 0 Å². The van der Waals surface area contributed by atoms with E-state index < -0.39 is 0 Å². The zero-order chi connectivity index (χ0) is 17.6. The van der Waals surface area contributed by atoms with Crippen molar-refractivity contribution < 1.29 is 9.59 Å². The Kier molecular flexibility index (Phi) is 7.42. The second-order valence-electron chi connectivity index (χ2n) is 6.65. The van der Waals surface area contributed by atoms with E-state index >= 15 is 0 Å². The second kappa shape index (κ2) is 9.55. The maximum absolute atomic E-state index is 12.2. The Bertz CT molecular complexity index is 760. The highest BCUT2D eigenvalue weighted by Crippen LogP contribution is 2.18. The van der Waals surface area contributed by atoms with Gasteiger partial charge in [0.25, 0.3) is 0 Å². The van der Waals surface area contributed by atoms with E-state index in [1.165, 1.54) is 0 Å². The number of piperidine rings is 1. The van der Waals surface area contributed by atoms with Crippen LogP contribution >= 0.6 is 12.4 Å². The molecule has 3 rings (SSSR count). The SMILES string of the molecule is CC1NCCCC1NC(=O)CNC(=O)Cc1cccc2ccccc12.Cl. The van der Waals surface area contributed by atoms with Gasteiger partial charge in [0, 0.05) is 12.1 Å². The lowest BCUT2D eigenvalue weighted by Gasteiger charge is -2.30. The number of halogens is 1. The van der Waals surface area contributed by atoms with Crippen molar-refractivity contribution in [3.63, 3.8) is 0 Å². The van der Waals surface area contributed by atoms with E-state index in [0.29, 0.717) is 0 Å². The van der Waals surface area contributed by atoms with Gasteiger partial charge in [-0.15, -0.1) is 12.4 Å². The Morgan fingerprint density at radius 1 is 1.12 bits per heavy atom. The highest BCUT2D eigenvalue weighted by Gasteiger charge is 2.22. The first-order valence-corrected chi connectivity index (χ1v) is 8.89. The molecule has 0 aliphatic carbocycles. The number of nitrogens with one attached hydrogen (secondary N) is 3. The Morgan fingerprint density at radius 2 is 1.88 bits per heavy atom. The average molecular weight is 376 g/mol. The summed E-state index contributed by atoms with van der Waals surface area (Å²) in [6, 6.07) is 14.3. The minimum absolute atomic E-state index is 0. The van der Waals surface area contributed by atoms with Crippen molar-refractivity contribution in [2.45, 2.75) is 38.3 Å². The Labute approximate surface area is 160 Å². The van der Waals surface area contributed by atoms with Gasteiger partial charge >= 0.3 is 0 Å². The number of carbonyl (C=O) groups excluding carboxylic acids is 2. The van der Waals surface area contributed by atoms with Crippen molar-refractivity contribution >= 4 is 35.0 Å². The van der Waals surface area contributed by atoms with Crippen LogP contribution in [0.5, 0.6) is 0 Å². The van der Waals surface area contributed by atoms with E-state index in [-0.39, 0.29) is 49.3 Å². The first kappa shape index (κ1) is 20.2. The fraction of sp³-hybridized carbons (Fsp3) is 0.400. The Morgan fingerprint density at radius 3 is 2.69 bits per heavy atom. The summed E-state index contributed by atoms with van der Waals surface area (Å²) < 4.78 is 0. The van der Waals surface area contributed by atoms with E-state index in [1.807, 2.05) is 42.5 Å². The maximum atomic E-state index is 12.2. The fourth-order valence-electron chi connectivity index (χ4n) is 3.36. The predicted octanol–water partition coefficient (Wildman–Crippen LogP) is 2.18. The molecule has 26 heavy (non-hydrogen) atoms. The summed E-state index contributed by atoms with van der Waals surface area (Å²) in [5, 5.41) is 11.3. The summed E-state index contributed by atoms with van der Waals surface area (Å²) in [6.07, 6.45) is 2.31. The number of hydrogen-bond acceptors (Lipinski definition) is 3. The molecule has 2 amide bonds. The molecule has 1 heterocycles. The third kappa shape index (κ3) is 5.19. The molecule has 3 N–H and O–H groups in total. The minimum atomic E-state index is -0.138. The molecule has 2 aromatic rings. The molecule has 0 spiro atoms. The smallest absolute Gasteiger partial charge is 0.239 e. The molecule has 6 heteroatoms. The lowest BCUT2D eigenvalue weighted by Crippen LogP contribution is -2.53. The molecule has 140 valence electrons. The van der Waals surface area contributed by atoms with Gasteiger partial charge in [0.2, 0.25) is 11.8 Å². The van der Waals surface area contributed by atoms with Gasteiger partial charge in [0.15, 0.2) is 0 Å². The van der Waals surface area contributed by atoms with Gasteiger partial charge in [0.05, 0.1) is 13.0 Å². The standard InChI is InChI=1S/C20H25N3O2.ClH/c1-14-18(10-5-11-21-14)23-20(25)13-22-19(24)12-16-8-4-7-15-6-2-3-9-17(15)16;/h2-4,6-9,14,18,21H,5,10-13H2,1H3,(H,22,24)(H,23,25);1H. The van der Waals surface area contributed by atoms with Gasteiger partial charge in [-0.3, -0.25) is 9.59 Å². The van der Waals surface area contributed by atoms with Crippen LogP contribution in [0, 0.1) is 0 Å². The van der Waals surface area contributed by atoms with Crippen molar-refractivity contribution in [1.82, 2.24) is 16.0 Å². The zero-order valence-electron chi connectivity index (χ0n) is 15.0. The largest absolute Gasteiger partial charge is 0.350 e. The van der Waals surface area contributed by atoms with Crippen molar-refractivity contribution in [3.05, 3.63) is 48.0 Å². The molecule has 1 saturated heterocycles. The maximum Gasteiger partial charge on any atom is 0.239 e. The zero-order valence-corrected chi connectivity index (χ0v) is 15.8. The number of hydrogen-bond donors (Lipinski definition) is 3. The molecule has 2 atom stereocenters. The Balaban J connectivity index is 0.00000243. The van der Waals surface area contributed by atoms with Crippen molar-refractivity contribution in [1.29, 1.82) is 0 Å². The summed E-state index contributed by atoms with van der Waals surface area (Å²) in [6.45, 7) is 3.09. The first-order valence-electron chi connectivity index (χ1n) is 8.89. The van der Waals surface area contributed by atoms with Crippen molar-refractivity contribution in [3.8, 4) is 0 Å². The fourth-order valence-corrected chi connectivity index (χ4v) is 3.36. The molecule has 0 aromatic heterocycles. The van der Waals surface area contributed by atoms with Crippen LogP contribution in [-0.2, 0) is 16.0 Å². The highest BCUT2D eigenvalue weighted by atomic mass is 35.5.